The first-order valence-electron chi connectivity index (χ1n) is 7.39. The molecule has 1 fully saturated rings. The summed E-state index contributed by atoms with van der Waals surface area (Å²) in [5, 5.41) is 12.9. The lowest BCUT2D eigenvalue weighted by molar-refractivity contribution is 0.254. The standard InChI is InChI=1S/C17H24N2/c1-12(2)15-6-4-5-7-16(15)19-17-10-13(3)8-9-14(17)11-18/h8-10,12,15-16,19H,4-7H2,1-3H3. The van der Waals surface area contributed by atoms with E-state index in [-0.39, 0.29) is 0 Å². The Labute approximate surface area is 116 Å². The van der Waals surface area contributed by atoms with E-state index in [0.29, 0.717) is 12.0 Å². The number of nitriles is 1. The van der Waals surface area contributed by atoms with Gasteiger partial charge in [-0.05, 0) is 49.3 Å². The van der Waals surface area contributed by atoms with Gasteiger partial charge >= 0.3 is 0 Å². The fourth-order valence-corrected chi connectivity index (χ4v) is 3.21. The van der Waals surface area contributed by atoms with Crippen LogP contribution >= 0.6 is 0 Å². The third kappa shape index (κ3) is 3.29. The number of aryl methyl sites for hydroxylation is 1. The number of hydrogen-bond donors (Lipinski definition) is 1. The minimum Gasteiger partial charge on any atom is -0.381 e. The summed E-state index contributed by atoms with van der Waals surface area (Å²) < 4.78 is 0. The molecule has 0 aromatic heterocycles. The Morgan fingerprint density at radius 3 is 2.68 bits per heavy atom. The maximum Gasteiger partial charge on any atom is 0.101 e. The molecule has 0 saturated heterocycles. The summed E-state index contributed by atoms with van der Waals surface area (Å²) in [7, 11) is 0. The Morgan fingerprint density at radius 2 is 2.00 bits per heavy atom. The molecular formula is C17H24N2. The predicted octanol–water partition coefficient (Wildman–Crippen LogP) is 4.49. The normalized spacial score (nSPS) is 23.1. The van der Waals surface area contributed by atoms with Crippen LogP contribution in [0.3, 0.4) is 0 Å². The molecule has 1 aliphatic carbocycles. The van der Waals surface area contributed by atoms with Gasteiger partial charge in [-0.25, -0.2) is 0 Å². The van der Waals surface area contributed by atoms with Crippen molar-refractivity contribution in [1.29, 1.82) is 5.26 Å². The molecule has 102 valence electrons. The van der Waals surface area contributed by atoms with Crippen molar-refractivity contribution in [2.45, 2.75) is 52.5 Å². The molecular weight excluding hydrogens is 232 g/mol. The molecule has 0 amide bonds. The van der Waals surface area contributed by atoms with Gasteiger partial charge in [0.2, 0.25) is 0 Å². The topological polar surface area (TPSA) is 35.8 Å². The van der Waals surface area contributed by atoms with Crippen LogP contribution in [0, 0.1) is 30.1 Å². The lowest BCUT2D eigenvalue weighted by Crippen LogP contribution is -2.35. The van der Waals surface area contributed by atoms with Crippen molar-refractivity contribution in [2.24, 2.45) is 11.8 Å². The summed E-state index contributed by atoms with van der Waals surface area (Å²) in [6, 6.07) is 8.84. The minimum absolute atomic E-state index is 0.516. The summed E-state index contributed by atoms with van der Waals surface area (Å²) in [6.45, 7) is 6.70. The minimum atomic E-state index is 0.516. The van der Waals surface area contributed by atoms with Gasteiger partial charge in [-0.15, -0.1) is 0 Å². The second kappa shape index (κ2) is 6.10. The van der Waals surface area contributed by atoms with E-state index in [1.54, 1.807) is 0 Å². The molecule has 0 spiro atoms. The second-order valence-electron chi connectivity index (χ2n) is 6.10. The maximum atomic E-state index is 9.22. The SMILES string of the molecule is Cc1ccc(C#N)c(NC2CCCCC2C(C)C)c1. The first kappa shape index (κ1) is 13.9. The fourth-order valence-electron chi connectivity index (χ4n) is 3.21. The first-order chi connectivity index (χ1) is 9.11. The highest BCUT2D eigenvalue weighted by molar-refractivity contribution is 5.59. The summed E-state index contributed by atoms with van der Waals surface area (Å²) in [5.41, 5.74) is 2.98. The number of nitrogens with one attached hydrogen (secondary N) is 1. The van der Waals surface area contributed by atoms with Crippen molar-refractivity contribution in [3.63, 3.8) is 0 Å². The van der Waals surface area contributed by atoms with Crippen LogP contribution in [0.25, 0.3) is 0 Å². The van der Waals surface area contributed by atoms with Crippen molar-refractivity contribution in [1.82, 2.24) is 0 Å². The van der Waals surface area contributed by atoms with Crippen molar-refractivity contribution in [2.75, 3.05) is 5.32 Å². The van der Waals surface area contributed by atoms with Crippen LogP contribution in [-0.2, 0) is 0 Å². The average Bonchev–Trinajstić information content (AvgIpc) is 2.39. The van der Waals surface area contributed by atoms with Gasteiger partial charge in [-0.3, -0.25) is 0 Å². The molecule has 1 N–H and O–H groups in total. The number of anilines is 1. The molecule has 1 aliphatic rings. The van der Waals surface area contributed by atoms with E-state index < -0.39 is 0 Å². The zero-order valence-corrected chi connectivity index (χ0v) is 12.2. The van der Waals surface area contributed by atoms with E-state index in [1.807, 2.05) is 12.1 Å². The number of rotatable bonds is 3. The van der Waals surface area contributed by atoms with Crippen molar-refractivity contribution >= 4 is 5.69 Å². The molecule has 1 saturated carbocycles. The smallest absolute Gasteiger partial charge is 0.101 e. The van der Waals surface area contributed by atoms with E-state index in [9.17, 15) is 5.26 Å². The number of hydrogen-bond acceptors (Lipinski definition) is 2. The molecule has 0 heterocycles. The largest absolute Gasteiger partial charge is 0.381 e. The molecule has 19 heavy (non-hydrogen) atoms. The second-order valence-corrected chi connectivity index (χ2v) is 6.10. The summed E-state index contributed by atoms with van der Waals surface area (Å²) in [4.78, 5) is 0. The zero-order valence-electron chi connectivity index (χ0n) is 12.2. The van der Waals surface area contributed by atoms with Crippen molar-refractivity contribution in [3.05, 3.63) is 29.3 Å². The Bertz CT molecular complexity index is 471. The third-order valence-corrected chi connectivity index (χ3v) is 4.31. The molecule has 2 atom stereocenters. The third-order valence-electron chi connectivity index (χ3n) is 4.31. The molecule has 2 unspecified atom stereocenters. The predicted molar refractivity (Wildman–Crippen MR) is 80.1 cm³/mol. The quantitative estimate of drug-likeness (QED) is 0.864. The molecule has 0 aliphatic heterocycles. The van der Waals surface area contributed by atoms with Crippen LogP contribution < -0.4 is 5.32 Å². The molecule has 1 aromatic rings. The summed E-state index contributed by atoms with van der Waals surface area (Å²) >= 11 is 0. The van der Waals surface area contributed by atoms with Gasteiger partial charge in [0.25, 0.3) is 0 Å². The van der Waals surface area contributed by atoms with Gasteiger partial charge in [0.1, 0.15) is 6.07 Å². The van der Waals surface area contributed by atoms with Gasteiger partial charge in [-0.1, -0.05) is 32.8 Å². The first-order valence-corrected chi connectivity index (χ1v) is 7.39. The van der Waals surface area contributed by atoms with E-state index in [2.05, 4.69) is 38.2 Å². The van der Waals surface area contributed by atoms with Crippen LogP contribution in [0.15, 0.2) is 18.2 Å². The molecule has 2 rings (SSSR count). The molecule has 0 bridgehead atoms. The monoisotopic (exact) mass is 256 g/mol. The zero-order chi connectivity index (χ0) is 13.8. The van der Waals surface area contributed by atoms with Crippen LogP contribution in [0.4, 0.5) is 5.69 Å². The molecule has 0 radical (unpaired) electrons. The highest BCUT2D eigenvalue weighted by Gasteiger charge is 2.27. The van der Waals surface area contributed by atoms with E-state index in [4.69, 9.17) is 0 Å². The lowest BCUT2D eigenvalue weighted by Gasteiger charge is -2.35. The van der Waals surface area contributed by atoms with Crippen LogP contribution in [0.1, 0.15) is 50.7 Å². The van der Waals surface area contributed by atoms with E-state index in [1.165, 1.54) is 31.2 Å². The van der Waals surface area contributed by atoms with Crippen molar-refractivity contribution < 1.29 is 0 Å². The Kier molecular flexibility index (Phi) is 4.47. The number of nitrogens with zero attached hydrogens (tertiary/aromatic N) is 1. The Balaban J connectivity index is 2.19. The molecule has 2 nitrogen and oxygen atoms in total. The maximum absolute atomic E-state index is 9.22. The summed E-state index contributed by atoms with van der Waals surface area (Å²) in [6.07, 6.45) is 5.18. The van der Waals surface area contributed by atoms with Crippen molar-refractivity contribution in [3.8, 4) is 6.07 Å². The fraction of sp³-hybridized carbons (Fsp3) is 0.588. The molecule has 1 aromatic carbocycles. The van der Waals surface area contributed by atoms with Crippen LogP contribution in [-0.4, -0.2) is 6.04 Å². The van der Waals surface area contributed by atoms with Crippen LogP contribution in [0.5, 0.6) is 0 Å². The van der Waals surface area contributed by atoms with Crippen LogP contribution in [0.2, 0.25) is 0 Å². The number of benzene rings is 1. The highest BCUT2D eigenvalue weighted by atomic mass is 14.9. The summed E-state index contributed by atoms with van der Waals surface area (Å²) in [5.74, 6) is 1.42. The average molecular weight is 256 g/mol. The lowest BCUT2D eigenvalue weighted by atomic mass is 9.77. The van der Waals surface area contributed by atoms with Gasteiger partial charge in [-0.2, -0.15) is 5.26 Å². The van der Waals surface area contributed by atoms with E-state index >= 15 is 0 Å². The van der Waals surface area contributed by atoms with Gasteiger partial charge < -0.3 is 5.32 Å². The Hall–Kier alpha value is -1.49. The van der Waals surface area contributed by atoms with Gasteiger partial charge in [0, 0.05) is 6.04 Å². The molecule has 2 heteroatoms. The highest BCUT2D eigenvalue weighted by Crippen LogP contribution is 2.33. The Morgan fingerprint density at radius 1 is 1.26 bits per heavy atom. The van der Waals surface area contributed by atoms with Gasteiger partial charge in [0.05, 0.1) is 11.3 Å². The van der Waals surface area contributed by atoms with Gasteiger partial charge in [0.15, 0.2) is 0 Å². The van der Waals surface area contributed by atoms with E-state index in [0.717, 1.165) is 17.2 Å².